The van der Waals surface area contributed by atoms with Crippen molar-refractivity contribution in [3.05, 3.63) is 59.2 Å². The second-order valence-corrected chi connectivity index (χ2v) is 5.15. The fourth-order valence-corrected chi connectivity index (χ4v) is 2.15. The highest BCUT2D eigenvalue weighted by molar-refractivity contribution is 9.10. The Kier molecular flexibility index (Phi) is 3.49. The molecule has 0 aliphatic rings. The van der Waals surface area contributed by atoms with Crippen molar-refractivity contribution in [2.75, 3.05) is 0 Å². The topological polar surface area (TPSA) is 80.9 Å². The number of carbonyl (C=O) groups is 1. The van der Waals surface area contributed by atoms with E-state index < -0.39 is 5.97 Å². The van der Waals surface area contributed by atoms with Crippen molar-refractivity contribution in [1.29, 1.82) is 0 Å². The number of carboxylic acid groups (broad SMARTS) is 1. The summed E-state index contributed by atoms with van der Waals surface area (Å²) in [5.74, 6) is -1.05. The molecule has 3 aromatic rings. The van der Waals surface area contributed by atoms with E-state index in [4.69, 9.17) is 0 Å². The van der Waals surface area contributed by atoms with Crippen LogP contribution < -0.4 is 0 Å². The van der Waals surface area contributed by atoms with E-state index in [9.17, 15) is 9.90 Å². The van der Waals surface area contributed by atoms with Crippen LogP contribution >= 0.6 is 15.9 Å². The summed E-state index contributed by atoms with van der Waals surface area (Å²) in [4.78, 5) is 19.2. The number of benzene rings is 1. The molecule has 0 amide bonds. The number of rotatable bonds is 3. The number of halogens is 1. The molecular formula is C14H9BrN4O2. The quantitative estimate of drug-likeness (QED) is 0.789. The first-order valence-electron chi connectivity index (χ1n) is 6.00. The third-order valence-electron chi connectivity index (χ3n) is 2.86. The minimum atomic E-state index is -1.05. The molecule has 2 heterocycles. The van der Waals surface area contributed by atoms with Crippen molar-refractivity contribution in [3.63, 3.8) is 0 Å². The van der Waals surface area contributed by atoms with Crippen LogP contribution in [-0.2, 0) is 0 Å². The van der Waals surface area contributed by atoms with Crippen LogP contribution in [0.25, 0.3) is 16.9 Å². The van der Waals surface area contributed by atoms with E-state index in [1.165, 1.54) is 17.1 Å². The molecule has 0 unspecified atom stereocenters. The molecule has 1 aromatic carbocycles. The number of carboxylic acids is 1. The number of aromatic carboxylic acids is 1. The monoisotopic (exact) mass is 344 g/mol. The normalized spacial score (nSPS) is 10.5. The first-order valence-corrected chi connectivity index (χ1v) is 6.79. The zero-order valence-corrected chi connectivity index (χ0v) is 12.2. The van der Waals surface area contributed by atoms with Gasteiger partial charge < -0.3 is 5.11 Å². The molecule has 0 bridgehead atoms. The van der Waals surface area contributed by atoms with Crippen molar-refractivity contribution in [1.82, 2.24) is 19.7 Å². The van der Waals surface area contributed by atoms with Crippen molar-refractivity contribution < 1.29 is 9.90 Å². The summed E-state index contributed by atoms with van der Waals surface area (Å²) in [6.45, 7) is 0. The Morgan fingerprint density at radius 3 is 2.43 bits per heavy atom. The third kappa shape index (κ3) is 2.68. The molecule has 21 heavy (non-hydrogen) atoms. The van der Waals surface area contributed by atoms with Gasteiger partial charge in [-0.25, -0.2) is 19.4 Å². The van der Waals surface area contributed by atoms with Gasteiger partial charge in [0, 0.05) is 22.4 Å². The predicted octanol–water partition coefficient (Wildman–Crippen LogP) is 2.79. The van der Waals surface area contributed by atoms with Crippen LogP contribution in [0.5, 0.6) is 0 Å². The van der Waals surface area contributed by atoms with Crippen molar-refractivity contribution >= 4 is 21.9 Å². The SMILES string of the molecule is O=C(O)c1cc(-c2cncnc2)nn1-c1ccc(Br)cc1. The van der Waals surface area contributed by atoms with E-state index in [-0.39, 0.29) is 5.69 Å². The second kappa shape index (κ2) is 5.45. The van der Waals surface area contributed by atoms with Gasteiger partial charge in [0.05, 0.1) is 11.4 Å². The molecule has 104 valence electrons. The molecule has 0 atom stereocenters. The molecule has 6 nitrogen and oxygen atoms in total. The van der Waals surface area contributed by atoms with E-state index in [1.807, 2.05) is 12.1 Å². The second-order valence-electron chi connectivity index (χ2n) is 4.24. The molecule has 0 saturated carbocycles. The van der Waals surface area contributed by atoms with Gasteiger partial charge in [0.25, 0.3) is 0 Å². The van der Waals surface area contributed by atoms with Gasteiger partial charge >= 0.3 is 5.97 Å². The minimum absolute atomic E-state index is 0.0798. The van der Waals surface area contributed by atoms with Gasteiger partial charge in [0.2, 0.25) is 0 Å². The molecular weight excluding hydrogens is 336 g/mol. The number of nitrogens with zero attached hydrogens (tertiary/aromatic N) is 4. The van der Waals surface area contributed by atoms with Crippen molar-refractivity contribution in [2.45, 2.75) is 0 Å². The Morgan fingerprint density at radius 2 is 1.81 bits per heavy atom. The Balaban J connectivity index is 2.14. The van der Waals surface area contributed by atoms with Crippen LogP contribution in [-0.4, -0.2) is 30.8 Å². The van der Waals surface area contributed by atoms with Gasteiger partial charge in [-0.15, -0.1) is 0 Å². The summed E-state index contributed by atoms with van der Waals surface area (Å²) in [7, 11) is 0. The Labute approximate surface area is 128 Å². The lowest BCUT2D eigenvalue weighted by Crippen LogP contribution is -2.07. The van der Waals surface area contributed by atoms with Crippen LogP contribution in [0.1, 0.15) is 10.5 Å². The van der Waals surface area contributed by atoms with E-state index in [0.717, 1.165) is 4.47 Å². The fraction of sp³-hybridized carbons (Fsp3) is 0. The molecule has 1 N–H and O–H groups in total. The maximum absolute atomic E-state index is 11.4. The molecule has 0 fully saturated rings. The summed E-state index contributed by atoms with van der Waals surface area (Å²) in [5, 5.41) is 13.7. The van der Waals surface area contributed by atoms with E-state index in [0.29, 0.717) is 16.9 Å². The van der Waals surface area contributed by atoms with Crippen LogP contribution in [0.15, 0.2) is 53.5 Å². The van der Waals surface area contributed by atoms with Crippen LogP contribution in [0.4, 0.5) is 0 Å². The van der Waals surface area contributed by atoms with Gasteiger partial charge in [0.1, 0.15) is 6.33 Å². The summed E-state index contributed by atoms with van der Waals surface area (Å²) in [5.41, 5.74) is 1.92. The highest BCUT2D eigenvalue weighted by atomic mass is 79.9. The summed E-state index contributed by atoms with van der Waals surface area (Å²) in [6, 6.07) is 8.73. The summed E-state index contributed by atoms with van der Waals surface area (Å²) >= 11 is 3.34. The summed E-state index contributed by atoms with van der Waals surface area (Å²) < 4.78 is 2.30. The van der Waals surface area contributed by atoms with Gasteiger partial charge in [-0.05, 0) is 30.3 Å². The standard InChI is InChI=1S/C14H9BrN4O2/c15-10-1-3-11(4-2-10)19-13(14(20)21)5-12(18-19)9-6-16-8-17-7-9/h1-8H,(H,20,21). The maximum Gasteiger partial charge on any atom is 0.354 e. The molecule has 0 aliphatic carbocycles. The largest absolute Gasteiger partial charge is 0.477 e. The molecule has 7 heteroatoms. The third-order valence-corrected chi connectivity index (χ3v) is 3.38. The van der Waals surface area contributed by atoms with Gasteiger partial charge in [-0.2, -0.15) is 5.10 Å². The van der Waals surface area contributed by atoms with Gasteiger partial charge in [-0.1, -0.05) is 15.9 Å². The first-order chi connectivity index (χ1) is 10.1. The molecule has 0 radical (unpaired) electrons. The Bertz CT molecular complexity index is 784. The van der Waals surface area contributed by atoms with Crippen molar-refractivity contribution in [2.24, 2.45) is 0 Å². The minimum Gasteiger partial charge on any atom is -0.477 e. The average molecular weight is 345 g/mol. The van der Waals surface area contributed by atoms with E-state index >= 15 is 0 Å². The fourth-order valence-electron chi connectivity index (χ4n) is 1.88. The van der Waals surface area contributed by atoms with Gasteiger partial charge in [-0.3, -0.25) is 0 Å². The van der Waals surface area contributed by atoms with Crippen LogP contribution in [0.2, 0.25) is 0 Å². The highest BCUT2D eigenvalue weighted by Crippen LogP contribution is 2.21. The van der Waals surface area contributed by atoms with Crippen LogP contribution in [0.3, 0.4) is 0 Å². The molecule has 2 aromatic heterocycles. The number of hydrogen-bond acceptors (Lipinski definition) is 4. The maximum atomic E-state index is 11.4. The highest BCUT2D eigenvalue weighted by Gasteiger charge is 2.16. The molecule has 0 spiro atoms. The first kappa shape index (κ1) is 13.4. The smallest absolute Gasteiger partial charge is 0.354 e. The molecule has 0 saturated heterocycles. The number of hydrogen-bond donors (Lipinski definition) is 1. The summed E-state index contributed by atoms with van der Waals surface area (Å²) in [6.07, 6.45) is 4.59. The molecule has 3 rings (SSSR count). The van der Waals surface area contributed by atoms with Crippen molar-refractivity contribution in [3.8, 4) is 16.9 Å². The zero-order valence-electron chi connectivity index (χ0n) is 10.6. The average Bonchev–Trinajstić information content (AvgIpc) is 2.94. The lowest BCUT2D eigenvalue weighted by Gasteiger charge is -2.04. The van der Waals surface area contributed by atoms with E-state index in [2.05, 4.69) is 31.0 Å². The van der Waals surface area contributed by atoms with Gasteiger partial charge in [0.15, 0.2) is 5.69 Å². The number of aromatic nitrogens is 4. The molecule has 0 aliphatic heterocycles. The Morgan fingerprint density at radius 1 is 1.14 bits per heavy atom. The lowest BCUT2D eigenvalue weighted by atomic mass is 10.2. The Hall–Kier alpha value is -2.54. The zero-order chi connectivity index (χ0) is 14.8. The lowest BCUT2D eigenvalue weighted by molar-refractivity contribution is 0.0687. The van der Waals surface area contributed by atoms with Crippen LogP contribution in [0, 0.1) is 0 Å². The van der Waals surface area contributed by atoms with E-state index in [1.54, 1.807) is 24.5 Å². The predicted molar refractivity (Wildman–Crippen MR) is 79.2 cm³/mol.